The van der Waals surface area contributed by atoms with Crippen LogP contribution in [0.4, 0.5) is 0 Å². The molecule has 3 atom stereocenters. The molecule has 10 nitrogen and oxygen atoms in total. The number of aliphatic carboxylic acids is 1. The number of allylic oxidation sites excluding steroid dienone is 1. The van der Waals surface area contributed by atoms with Crippen LogP contribution in [0.25, 0.3) is 0 Å². The van der Waals surface area contributed by atoms with E-state index >= 15 is 0 Å². The molecule has 0 unspecified atom stereocenters. The van der Waals surface area contributed by atoms with E-state index in [2.05, 4.69) is 17.6 Å². The molecule has 2 amide bonds. The van der Waals surface area contributed by atoms with Crippen molar-refractivity contribution in [3.63, 3.8) is 0 Å². The number of likely N-dealkylation sites (N-methyl/N-ethyl adjacent to an activating group) is 1. The molecule has 236 valence electrons. The van der Waals surface area contributed by atoms with Gasteiger partial charge in [0.25, 0.3) is 0 Å². The molecule has 0 bridgehead atoms. The first-order chi connectivity index (χ1) is 20.1. The maximum atomic E-state index is 13.3. The average molecular weight is 591 g/mol. The number of benzene rings is 1. The Labute approximate surface area is 249 Å². The van der Waals surface area contributed by atoms with Crippen molar-refractivity contribution in [1.29, 1.82) is 0 Å². The van der Waals surface area contributed by atoms with Crippen LogP contribution in [0.1, 0.15) is 96.0 Å². The normalized spacial score (nSPS) is 14.2. The topological polar surface area (TPSA) is 173 Å². The number of carbonyl (C=O) groups is 4. The molecule has 0 spiro atoms. The van der Waals surface area contributed by atoms with Gasteiger partial charge in [-0.1, -0.05) is 69.7 Å². The van der Waals surface area contributed by atoms with E-state index in [-0.39, 0.29) is 12.2 Å². The molecule has 0 aliphatic heterocycles. The van der Waals surface area contributed by atoms with E-state index < -0.39 is 48.4 Å². The van der Waals surface area contributed by atoms with E-state index in [1.54, 1.807) is 18.2 Å². The number of carboxylic acids is 1. The summed E-state index contributed by atoms with van der Waals surface area (Å²) in [6.07, 6.45) is 13.1. The van der Waals surface area contributed by atoms with Crippen LogP contribution in [0.3, 0.4) is 0 Å². The number of aliphatic hydroxyl groups is 2. The molecule has 1 rings (SSSR count). The van der Waals surface area contributed by atoms with Gasteiger partial charge in [-0.05, 0) is 43.4 Å². The van der Waals surface area contributed by atoms with Crippen molar-refractivity contribution >= 4 is 23.6 Å². The number of aromatic hydroxyl groups is 1. The van der Waals surface area contributed by atoms with Gasteiger partial charge in [0.1, 0.15) is 17.6 Å². The van der Waals surface area contributed by atoms with E-state index in [4.69, 9.17) is 0 Å². The third kappa shape index (κ3) is 13.6. The second-order valence-corrected chi connectivity index (χ2v) is 10.8. The number of hydrogen-bond acceptors (Lipinski definition) is 7. The molecule has 0 aliphatic carbocycles. The van der Waals surface area contributed by atoms with Crippen LogP contribution in [-0.2, 0) is 25.6 Å². The monoisotopic (exact) mass is 590 g/mol. The zero-order valence-electron chi connectivity index (χ0n) is 25.1. The highest BCUT2D eigenvalue weighted by molar-refractivity contribution is 5.93. The second kappa shape index (κ2) is 20.6. The quantitative estimate of drug-likeness (QED) is 0.0824. The molecule has 0 fully saturated rings. The fourth-order valence-electron chi connectivity index (χ4n) is 4.76. The number of ketones is 1. The molecule has 42 heavy (non-hydrogen) atoms. The van der Waals surface area contributed by atoms with Gasteiger partial charge in [0.15, 0.2) is 5.60 Å². The van der Waals surface area contributed by atoms with Crippen molar-refractivity contribution in [1.82, 2.24) is 10.6 Å². The zero-order valence-corrected chi connectivity index (χ0v) is 25.1. The van der Waals surface area contributed by atoms with E-state index in [1.807, 2.05) is 0 Å². The third-order valence-corrected chi connectivity index (χ3v) is 7.38. The van der Waals surface area contributed by atoms with Crippen molar-refractivity contribution in [2.75, 3.05) is 13.7 Å². The maximum Gasteiger partial charge on any atom is 0.336 e. The van der Waals surface area contributed by atoms with Crippen LogP contribution in [0.2, 0.25) is 0 Å². The molecule has 10 heteroatoms. The average Bonchev–Trinajstić information content (AvgIpc) is 2.96. The first-order valence-corrected chi connectivity index (χ1v) is 15.1. The molecule has 0 heterocycles. The summed E-state index contributed by atoms with van der Waals surface area (Å²) in [6, 6.07) is 5.01. The van der Waals surface area contributed by atoms with E-state index in [9.17, 15) is 39.6 Å². The molecule has 1 aromatic carbocycles. The smallest absolute Gasteiger partial charge is 0.336 e. The van der Waals surface area contributed by atoms with Gasteiger partial charge in [-0.15, -0.1) is 0 Å². The lowest BCUT2D eigenvalue weighted by Crippen LogP contribution is -2.56. The van der Waals surface area contributed by atoms with Gasteiger partial charge < -0.3 is 31.1 Å². The highest BCUT2D eigenvalue weighted by Gasteiger charge is 2.47. The predicted molar refractivity (Wildman–Crippen MR) is 161 cm³/mol. The van der Waals surface area contributed by atoms with E-state index in [0.717, 1.165) is 38.5 Å². The van der Waals surface area contributed by atoms with Crippen molar-refractivity contribution in [3.8, 4) is 5.75 Å². The highest BCUT2D eigenvalue weighted by atomic mass is 16.4. The Hall–Kier alpha value is -3.24. The fourth-order valence-corrected chi connectivity index (χ4v) is 4.76. The standard InChI is InChI=1S/C32H50N2O8/c1-3-4-5-8-11-14-25(36)15-12-9-6-7-10-13-16-27(32(42,21-22-35)31(40)41)29(38)34-28(30(39)33-2)23-24-17-19-26(37)20-18-24/h13,16-20,27-28,35,37,42H,3-12,14-15,21-23H2,1-2H3,(H,33,39)(H,34,38)(H,40,41)/b16-13+/t27-,28+,32+/m1/s1. The SMILES string of the molecule is CCCCCCCC(=O)CCCCCC/C=C/[C@H](C(=O)N[C@@H](Cc1ccc(O)cc1)C(=O)NC)[C@@](O)(CCO)C(=O)O. The summed E-state index contributed by atoms with van der Waals surface area (Å²) >= 11 is 0. The summed E-state index contributed by atoms with van der Waals surface area (Å²) < 4.78 is 0. The van der Waals surface area contributed by atoms with Crippen LogP contribution < -0.4 is 10.6 Å². The van der Waals surface area contributed by atoms with Crippen molar-refractivity contribution in [3.05, 3.63) is 42.0 Å². The summed E-state index contributed by atoms with van der Waals surface area (Å²) in [5, 5.41) is 44.7. The first kappa shape index (κ1) is 36.8. The van der Waals surface area contributed by atoms with Crippen LogP contribution in [0.15, 0.2) is 36.4 Å². The second-order valence-electron chi connectivity index (χ2n) is 10.8. The molecule has 0 saturated heterocycles. The number of phenolic OH excluding ortho intramolecular Hbond substituents is 1. The number of carbonyl (C=O) groups excluding carboxylic acids is 3. The van der Waals surface area contributed by atoms with Gasteiger partial charge >= 0.3 is 5.97 Å². The summed E-state index contributed by atoms with van der Waals surface area (Å²) in [7, 11) is 1.40. The number of amides is 2. The number of unbranched alkanes of at least 4 members (excludes halogenated alkanes) is 8. The van der Waals surface area contributed by atoms with Gasteiger partial charge in [-0.2, -0.15) is 0 Å². The minimum atomic E-state index is -2.59. The molecule has 0 aromatic heterocycles. The van der Waals surface area contributed by atoms with Gasteiger partial charge in [-0.3, -0.25) is 14.4 Å². The summed E-state index contributed by atoms with van der Waals surface area (Å²) in [5.74, 6) is -4.27. The zero-order chi connectivity index (χ0) is 31.4. The number of hydrogen-bond donors (Lipinski definition) is 6. The van der Waals surface area contributed by atoms with Crippen LogP contribution in [0.5, 0.6) is 5.75 Å². The van der Waals surface area contributed by atoms with Crippen LogP contribution >= 0.6 is 0 Å². The molecular weight excluding hydrogens is 540 g/mol. The Balaban J connectivity index is 2.76. The van der Waals surface area contributed by atoms with Gasteiger partial charge in [0.05, 0.1) is 5.92 Å². The summed E-state index contributed by atoms with van der Waals surface area (Å²) in [4.78, 5) is 49.9. The lowest BCUT2D eigenvalue weighted by molar-refractivity contribution is -0.168. The van der Waals surface area contributed by atoms with Crippen LogP contribution in [-0.4, -0.2) is 69.3 Å². The Bertz CT molecular complexity index is 995. The molecule has 6 N–H and O–H groups in total. The molecular formula is C32H50N2O8. The van der Waals surface area contributed by atoms with Crippen molar-refractivity contribution < 1.29 is 39.6 Å². The summed E-state index contributed by atoms with van der Waals surface area (Å²) in [6.45, 7) is 1.50. The number of carboxylic acid groups (broad SMARTS) is 1. The van der Waals surface area contributed by atoms with E-state index in [0.29, 0.717) is 30.6 Å². The van der Waals surface area contributed by atoms with Crippen molar-refractivity contribution in [2.24, 2.45) is 5.92 Å². The number of rotatable bonds is 23. The lowest BCUT2D eigenvalue weighted by Gasteiger charge is -2.30. The van der Waals surface area contributed by atoms with Crippen LogP contribution in [0, 0.1) is 5.92 Å². The Kier molecular flexibility index (Phi) is 18.0. The molecule has 1 aromatic rings. The summed E-state index contributed by atoms with van der Waals surface area (Å²) in [5.41, 5.74) is -1.94. The Morgan fingerprint density at radius 2 is 1.50 bits per heavy atom. The number of Topliss-reactive ketones (excluding diaryl/α,β-unsaturated/α-hetero) is 1. The van der Waals surface area contributed by atoms with Gasteiger partial charge in [0.2, 0.25) is 11.8 Å². The van der Waals surface area contributed by atoms with E-state index in [1.165, 1.54) is 44.5 Å². The van der Waals surface area contributed by atoms with Gasteiger partial charge in [-0.25, -0.2) is 4.79 Å². The number of nitrogens with one attached hydrogen (secondary N) is 2. The molecule has 0 radical (unpaired) electrons. The molecule has 0 aliphatic rings. The fraction of sp³-hybridized carbons (Fsp3) is 0.625. The predicted octanol–water partition coefficient (Wildman–Crippen LogP) is 3.81. The number of aliphatic hydroxyl groups excluding tert-OH is 1. The van der Waals surface area contributed by atoms with Gasteiger partial charge in [0, 0.05) is 39.3 Å². The minimum absolute atomic E-state index is 0.0432. The third-order valence-electron chi connectivity index (χ3n) is 7.38. The Morgan fingerprint density at radius 1 is 0.905 bits per heavy atom. The number of phenols is 1. The minimum Gasteiger partial charge on any atom is -0.508 e. The maximum absolute atomic E-state index is 13.3. The molecule has 0 saturated carbocycles. The van der Waals surface area contributed by atoms with Crippen molar-refractivity contribution in [2.45, 2.75) is 108 Å². The Morgan fingerprint density at radius 3 is 2.05 bits per heavy atom. The highest BCUT2D eigenvalue weighted by Crippen LogP contribution is 2.25. The lowest BCUT2D eigenvalue weighted by atomic mass is 9.83. The largest absolute Gasteiger partial charge is 0.508 e. The first-order valence-electron chi connectivity index (χ1n) is 15.1.